The molecule has 3 heteroatoms. The van der Waals surface area contributed by atoms with Gasteiger partial charge in [0, 0.05) is 6.54 Å². The van der Waals surface area contributed by atoms with Crippen LogP contribution in [0.5, 0.6) is 0 Å². The average Bonchev–Trinajstić information content (AvgIpc) is 2.16. The minimum Gasteiger partial charge on any atom is -0.355 e. The Bertz CT molecular complexity index is 183. The third-order valence-corrected chi connectivity index (χ3v) is 3.19. The first kappa shape index (κ1) is 9.00. The molecular weight excluding hydrogens is 164 g/mol. The third kappa shape index (κ3) is 2.44. The van der Waals surface area contributed by atoms with Gasteiger partial charge < -0.3 is 5.32 Å². The zero-order valence-corrected chi connectivity index (χ0v) is 8.09. The molecule has 1 N–H and O–H groups in total. The minimum absolute atomic E-state index is 0.209. The molecule has 0 atom stereocenters. The fourth-order valence-corrected chi connectivity index (χ4v) is 2.31. The van der Waals surface area contributed by atoms with Crippen LogP contribution in [-0.2, 0) is 4.79 Å². The Balaban J connectivity index is 1.94. The summed E-state index contributed by atoms with van der Waals surface area (Å²) in [5, 5.41) is 2.96. The van der Waals surface area contributed by atoms with Gasteiger partial charge in [0.1, 0.15) is 0 Å². The second-order valence-corrected chi connectivity index (χ2v) is 4.21. The van der Waals surface area contributed by atoms with Crippen molar-refractivity contribution in [3.05, 3.63) is 0 Å². The number of nitrogens with one attached hydrogen (secondary N) is 1. The summed E-state index contributed by atoms with van der Waals surface area (Å²) in [5.74, 6) is 1.13. The molecule has 3 fully saturated rings. The van der Waals surface area contributed by atoms with E-state index in [1.54, 1.807) is 0 Å². The highest BCUT2D eigenvalue weighted by Gasteiger charge is 2.21. The summed E-state index contributed by atoms with van der Waals surface area (Å²) >= 11 is 0. The molecule has 2 bridgehead atoms. The average molecular weight is 182 g/mol. The van der Waals surface area contributed by atoms with Crippen molar-refractivity contribution in [3.8, 4) is 0 Å². The number of carbonyl (C=O) groups excluding carboxylic acids is 1. The predicted octanol–water partition coefficient (Wildman–Crippen LogP) is 0.608. The zero-order valence-electron chi connectivity index (χ0n) is 8.09. The fraction of sp³-hybridized carbons (Fsp3) is 0.900. The van der Waals surface area contributed by atoms with Crippen molar-refractivity contribution in [2.45, 2.75) is 25.7 Å². The maximum atomic E-state index is 11.3. The summed E-state index contributed by atoms with van der Waals surface area (Å²) < 4.78 is 0. The van der Waals surface area contributed by atoms with Crippen molar-refractivity contribution >= 4 is 5.91 Å². The second-order valence-electron chi connectivity index (χ2n) is 4.21. The van der Waals surface area contributed by atoms with E-state index < -0.39 is 0 Å². The molecule has 0 aromatic carbocycles. The maximum absolute atomic E-state index is 11.3. The summed E-state index contributed by atoms with van der Waals surface area (Å²) in [6, 6.07) is 0. The van der Waals surface area contributed by atoms with E-state index in [1.165, 1.54) is 19.3 Å². The quantitative estimate of drug-likeness (QED) is 0.595. The lowest BCUT2D eigenvalue weighted by molar-refractivity contribution is -0.122. The highest BCUT2D eigenvalue weighted by molar-refractivity contribution is 5.77. The molecule has 0 aliphatic carbocycles. The van der Waals surface area contributed by atoms with Gasteiger partial charge in [0.25, 0.3) is 0 Å². The molecule has 3 aliphatic heterocycles. The summed E-state index contributed by atoms with van der Waals surface area (Å²) in [6.45, 7) is 3.74. The largest absolute Gasteiger partial charge is 0.355 e. The summed E-state index contributed by atoms with van der Waals surface area (Å²) in [7, 11) is 0. The summed E-state index contributed by atoms with van der Waals surface area (Å²) in [6.07, 6.45) is 5.06. The van der Waals surface area contributed by atoms with E-state index >= 15 is 0 Å². The number of amides is 1. The minimum atomic E-state index is 0.209. The van der Waals surface area contributed by atoms with Crippen LogP contribution in [0.3, 0.4) is 0 Å². The lowest BCUT2D eigenvalue weighted by Crippen LogP contribution is -2.43. The van der Waals surface area contributed by atoms with Gasteiger partial charge >= 0.3 is 0 Å². The van der Waals surface area contributed by atoms with Crippen molar-refractivity contribution in [2.75, 3.05) is 26.2 Å². The molecule has 3 nitrogen and oxygen atoms in total. The number of carbonyl (C=O) groups is 1. The zero-order chi connectivity index (χ0) is 9.10. The van der Waals surface area contributed by atoms with Crippen molar-refractivity contribution in [1.82, 2.24) is 10.2 Å². The van der Waals surface area contributed by atoms with E-state index in [0.717, 1.165) is 32.0 Å². The van der Waals surface area contributed by atoms with Gasteiger partial charge in [-0.15, -0.1) is 0 Å². The van der Waals surface area contributed by atoms with E-state index in [9.17, 15) is 4.79 Å². The Labute approximate surface area is 79.5 Å². The van der Waals surface area contributed by atoms with Gasteiger partial charge in [-0.2, -0.15) is 0 Å². The Morgan fingerprint density at radius 3 is 2.77 bits per heavy atom. The van der Waals surface area contributed by atoms with E-state index in [4.69, 9.17) is 0 Å². The van der Waals surface area contributed by atoms with Gasteiger partial charge in [-0.05, 0) is 44.7 Å². The van der Waals surface area contributed by atoms with Crippen LogP contribution < -0.4 is 5.32 Å². The van der Waals surface area contributed by atoms with Crippen molar-refractivity contribution in [3.63, 3.8) is 0 Å². The van der Waals surface area contributed by atoms with Crippen LogP contribution in [0.2, 0.25) is 0 Å². The first-order chi connectivity index (χ1) is 6.34. The first-order valence-corrected chi connectivity index (χ1v) is 5.33. The van der Waals surface area contributed by atoms with Gasteiger partial charge in [0.2, 0.25) is 5.91 Å². The molecule has 1 amide bonds. The molecule has 0 spiro atoms. The number of piperidine rings is 1. The highest BCUT2D eigenvalue weighted by Crippen LogP contribution is 2.21. The van der Waals surface area contributed by atoms with Gasteiger partial charge in [0.05, 0.1) is 6.54 Å². The van der Waals surface area contributed by atoms with Crippen molar-refractivity contribution in [2.24, 2.45) is 5.92 Å². The van der Waals surface area contributed by atoms with Crippen LogP contribution in [0.15, 0.2) is 0 Å². The molecule has 3 heterocycles. The Morgan fingerprint density at radius 1 is 1.23 bits per heavy atom. The van der Waals surface area contributed by atoms with Crippen LogP contribution in [0.25, 0.3) is 0 Å². The number of nitrogens with zero attached hydrogens (tertiary/aromatic N) is 1. The number of hydrogen-bond acceptors (Lipinski definition) is 2. The molecule has 0 radical (unpaired) electrons. The highest BCUT2D eigenvalue weighted by atomic mass is 16.2. The normalized spacial score (nSPS) is 35.5. The van der Waals surface area contributed by atoms with E-state index in [1.807, 2.05) is 0 Å². The van der Waals surface area contributed by atoms with Gasteiger partial charge in [-0.3, -0.25) is 9.69 Å². The van der Waals surface area contributed by atoms with Crippen LogP contribution in [0.1, 0.15) is 25.7 Å². The molecule has 3 saturated heterocycles. The van der Waals surface area contributed by atoms with Crippen LogP contribution >= 0.6 is 0 Å². The molecule has 0 saturated carbocycles. The third-order valence-electron chi connectivity index (χ3n) is 3.19. The van der Waals surface area contributed by atoms with Crippen LogP contribution in [0, 0.1) is 5.92 Å². The van der Waals surface area contributed by atoms with Gasteiger partial charge in [-0.25, -0.2) is 0 Å². The van der Waals surface area contributed by atoms with E-state index in [0.29, 0.717) is 6.54 Å². The lowest BCUT2D eigenvalue weighted by Gasteiger charge is -2.32. The maximum Gasteiger partial charge on any atom is 0.234 e. The standard InChI is InChI=1S/C10H18N2O/c13-10-8-12-6-3-9(4-7-12)2-1-5-11-10/h9H,1-8H2,(H,11,13). The molecule has 3 aliphatic rings. The van der Waals surface area contributed by atoms with Crippen LogP contribution in [0.4, 0.5) is 0 Å². The number of fused-ring (bicyclic) bond motifs is 7. The van der Waals surface area contributed by atoms with Gasteiger partial charge in [0.15, 0.2) is 0 Å². The molecular formula is C10H18N2O. The smallest absolute Gasteiger partial charge is 0.234 e. The van der Waals surface area contributed by atoms with Crippen molar-refractivity contribution < 1.29 is 4.79 Å². The molecule has 0 aromatic heterocycles. The molecule has 0 aromatic rings. The van der Waals surface area contributed by atoms with E-state index in [-0.39, 0.29) is 5.91 Å². The second kappa shape index (κ2) is 4.09. The Hall–Kier alpha value is -0.570. The van der Waals surface area contributed by atoms with Gasteiger partial charge in [-0.1, -0.05) is 0 Å². The molecule has 13 heavy (non-hydrogen) atoms. The molecule has 0 unspecified atom stereocenters. The molecule has 3 rings (SSSR count). The first-order valence-electron chi connectivity index (χ1n) is 5.33. The van der Waals surface area contributed by atoms with E-state index in [2.05, 4.69) is 10.2 Å². The predicted molar refractivity (Wildman–Crippen MR) is 51.4 cm³/mol. The Kier molecular flexibility index (Phi) is 2.83. The summed E-state index contributed by atoms with van der Waals surface area (Å²) in [5.41, 5.74) is 0. The van der Waals surface area contributed by atoms with Crippen molar-refractivity contribution in [1.29, 1.82) is 0 Å². The summed E-state index contributed by atoms with van der Waals surface area (Å²) in [4.78, 5) is 13.6. The lowest BCUT2D eigenvalue weighted by atomic mass is 9.92. The number of rotatable bonds is 0. The molecule has 74 valence electrons. The van der Waals surface area contributed by atoms with Crippen LogP contribution in [-0.4, -0.2) is 37.0 Å². The topological polar surface area (TPSA) is 32.3 Å². The SMILES string of the molecule is O=C1CN2CCC(CCCN1)CC2. The monoisotopic (exact) mass is 182 g/mol. The number of hydrogen-bond donors (Lipinski definition) is 1. The fourth-order valence-electron chi connectivity index (χ4n) is 2.31. The Morgan fingerprint density at radius 2 is 2.00 bits per heavy atom.